The first-order chi connectivity index (χ1) is 15.7. The maximum Gasteiger partial charge on any atom is 0.258 e. The first-order valence-corrected chi connectivity index (χ1v) is 10.6. The number of aryl methyl sites for hydroxylation is 1. The van der Waals surface area contributed by atoms with E-state index in [2.05, 4.69) is 10.3 Å². The van der Waals surface area contributed by atoms with E-state index in [1.54, 1.807) is 6.20 Å². The number of para-hydroxylation sites is 1. The molecule has 0 atom stereocenters. The Hall–Kier alpha value is -4.12. The van der Waals surface area contributed by atoms with Gasteiger partial charge in [0.25, 0.3) is 5.91 Å². The second kappa shape index (κ2) is 8.55. The topological polar surface area (TPSA) is 54.5 Å². The minimum atomic E-state index is -0.0184. The van der Waals surface area contributed by atoms with Gasteiger partial charge in [0.2, 0.25) is 0 Å². The molecular formula is C27H23N3O2. The van der Waals surface area contributed by atoms with Crippen molar-refractivity contribution in [2.24, 2.45) is 0 Å². The number of nitrogens with zero attached hydrogens (tertiary/aromatic N) is 2. The zero-order valence-electron chi connectivity index (χ0n) is 17.8. The number of rotatable bonds is 5. The summed E-state index contributed by atoms with van der Waals surface area (Å²) in [7, 11) is 0. The molecule has 5 nitrogen and oxygen atoms in total. The maximum atomic E-state index is 13.4. The van der Waals surface area contributed by atoms with Gasteiger partial charge in [0.1, 0.15) is 11.5 Å². The summed E-state index contributed by atoms with van der Waals surface area (Å²) in [6.07, 6.45) is 2.53. The number of fused-ring (bicyclic) bond motifs is 1. The fourth-order valence-electron chi connectivity index (χ4n) is 4.00. The van der Waals surface area contributed by atoms with Gasteiger partial charge < -0.3 is 15.0 Å². The molecule has 1 aliphatic rings. The third kappa shape index (κ3) is 4.05. The standard InChI is InChI=1S/C27H23N3O2/c1-19-17-22(13-15-28-19)29-21-8-5-7-20(18-21)27(31)30-16-14-24-25(30)11-6-12-26(24)32-23-9-3-2-4-10-23/h2-13,15,17-18H,14,16H2,1H3,(H,28,29). The molecular weight excluding hydrogens is 398 g/mol. The zero-order chi connectivity index (χ0) is 21.9. The van der Waals surface area contributed by atoms with Gasteiger partial charge in [-0.1, -0.05) is 30.3 Å². The third-order valence-electron chi connectivity index (χ3n) is 5.50. The molecule has 0 saturated carbocycles. The molecule has 0 bridgehead atoms. The van der Waals surface area contributed by atoms with Crippen molar-refractivity contribution in [2.45, 2.75) is 13.3 Å². The van der Waals surface area contributed by atoms with Gasteiger partial charge in [0, 0.05) is 40.9 Å². The summed E-state index contributed by atoms with van der Waals surface area (Å²) >= 11 is 0. The van der Waals surface area contributed by atoms with Crippen LogP contribution in [-0.4, -0.2) is 17.4 Å². The van der Waals surface area contributed by atoms with Gasteiger partial charge in [0.15, 0.2) is 0 Å². The van der Waals surface area contributed by atoms with Crippen molar-refractivity contribution in [3.05, 3.63) is 108 Å². The minimum absolute atomic E-state index is 0.0184. The Kier molecular flexibility index (Phi) is 5.30. The van der Waals surface area contributed by atoms with E-state index < -0.39 is 0 Å². The third-order valence-corrected chi connectivity index (χ3v) is 5.50. The molecule has 1 amide bonds. The molecule has 3 aromatic carbocycles. The predicted molar refractivity (Wildman–Crippen MR) is 127 cm³/mol. The molecule has 0 unspecified atom stereocenters. The van der Waals surface area contributed by atoms with E-state index in [9.17, 15) is 4.79 Å². The van der Waals surface area contributed by atoms with Crippen LogP contribution in [0.1, 0.15) is 21.6 Å². The largest absolute Gasteiger partial charge is 0.457 e. The summed E-state index contributed by atoms with van der Waals surface area (Å²) in [6, 6.07) is 27.1. The van der Waals surface area contributed by atoms with Crippen LogP contribution in [0, 0.1) is 6.92 Å². The molecule has 0 fully saturated rings. The predicted octanol–water partition coefficient (Wildman–Crippen LogP) is 6.13. The Balaban J connectivity index is 1.38. The Morgan fingerprint density at radius 3 is 2.59 bits per heavy atom. The maximum absolute atomic E-state index is 13.4. The summed E-state index contributed by atoms with van der Waals surface area (Å²) in [5.41, 5.74) is 5.35. The Bertz CT molecular complexity index is 1270. The SMILES string of the molecule is Cc1cc(Nc2cccc(C(=O)N3CCc4c(Oc5ccccc5)cccc43)c2)ccn1. The summed E-state index contributed by atoms with van der Waals surface area (Å²) in [5, 5.41) is 3.36. The molecule has 0 spiro atoms. The Morgan fingerprint density at radius 2 is 1.75 bits per heavy atom. The van der Waals surface area contributed by atoms with E-state index in [0.717, 1.165) is 46.2 Å². The monoisotopic (exact) mass is 421 g/mol. The highest BCUT2D eigenvalue weighted by atomic mass is 16.5. The lowest BCUT2D eigenvalue weighted by Crippen LogP contribution is -2.28. The highest BCUT2D eigenvalue weighted by Gasteiger charge is 2.28. The number of carbonyl (C=O) groups is 1. The van der Waals surface area contributed by atoms with Gasteiger partial charge in [-0.15, -0.1) is 0 Å². The number of benzene rings is 3. The van der Waals surface area contributed by atoms with Gasteiger partial charge in [-0.05, 0) is 67.9 Å². The highest BCUT2D eigenvalue weighted by Crippen LogP contribution is 2.38. The van der Waals surface area contributed by atoms with Crippen LogP contribution in [0.2, 0.25) is 0 Å². The number of amides is 1. The lowest BCUT2D eigenvalue weighted by atomic mass is 10.1. The molecule has 5 heteroatoms. The zero-order valence-corrected chi connectivity index (χ0v) is 17.8. The number of pyridine rings is 1. The van der Waals surface area contributed by atoms with E-state index in [1.807, 2.05) is 96.8 Å². The Labute approximate surface area is 187 Å². The average Bonchev–Trinajstić information content (AvgIpc) is 3.25. The fraction of sp³-hybridized carbons (Fsp3) is 0.111. The average molecular weight is 422 g/mol. The number of anilines is 3. The van der Waals surface area contributed by atoms with Crippen molar-refractivity contribution in [3.8, 4) is 11.5 Å². The lowest BCUT2D eigenvalue weighted by Gasteiger charge is -2.19. The van der Waals surface area contributed by atoms with Crippen LogP contribution in [0.5, 0.6) is 11.5 Å². The molecule has 2 heterocycles. The molecule has 5 rings (SSSR count). The number of nitrogens with one attached hydrogen (secondary N) is 1. The summed E-state index contributed by atoms with van der Waals surface area (Å²) in [5.74, 6) is 1.57. The first-order valence-electron chi connectivity index (χ1n) is 10.6. The quantitative estimate of drug-likeness (QED) is 0.421. The second-order valence-electron chi connectivity index (χ2n) is 7.77. The van der Waals surface area contributed by atoms with Gasteiger partial charge >= 0.3 is 0 Å². The molecule has 32 heavy (non-hydrogen) atoms. The van der Waals surface area contributed by atoms with E-state index in [-0.39, 0.29) is 5.91 Å². The number of aromatic nitrogens is 1. The van der Waals surface area contributed by atoms with Crippen molar-refractivity contribution in [3.63, 3.8) is 0 Å². The smallest absolute Gasteiger partial charge is 0.258 e. The molecule has 0 radical (unpaired) electrons. The summed E-state index contributed by atoms with van der Waals surface area (Å²) in [4.78, 5) is 19.4. The molecule has 0 aliphatic carbocycles. The van der Waals surface area contributed by atoms with Crippen LogP contribution in [0.3, 0.4) is 0 Å². The molecule has 1 aliphatic heterocycles. The number of carbonyl (C=O) groups excluding carboxylic acids is 1. The summed E-state index contributed by atoms with van der Waals surface area (Å²) < 4.78 is 6.10. The van der Waals surface area contributed by atoms with Crippen LogP contribution >= 0.6 is 0 Å². The molecule has 4 aromatic rings. The van der Waals surface area contributed by atoms with Crippen molar-refractivity contribution >= 4 is 23.0 Å². The van der Waals surface area contributed by atoms with Crippen LogP contribution < -0.4 is 15.0 Å². The van der Waals surface area contributed by atoms with Gasteiger partial charge in [-0.3, -0.25) is 9.78 Å². The van der Waals surface area contributed by atoms with Gasteiger partial charge in [-0.25, -0.2) is 0 Å². The van der Waals surface area contributed by atoms with E-state index >= 15 is 0 Å². The molecule has 0 saturated heterocycles. The van der Waals surface area contributed by atoms with Crippen molar-refractivity contribution in [1.29, 1.82) is 0 Å². The first kappa shape index (κ1) is 19.8. The van der Waals surface area contributed by atoms with Crippen molar-refractivity contribution in [1.82, 2.24) is 4.98 Å². The van der Waals surface area contributed by atoms with Crippen molar-refractivity contribution < 1.29 is 9.53 Å². The number of ether oxygens (including phenoxy) is 1. The molecule has 1 aromatic heterocycles. The molecule has 1 N–H and O–H groups in total. The number of hydrogen-bond donors (Lipinski definition) is 1. The van der Waals surface area contributed by atoms with Crippen LogP contribution in [0.4, 0.5) is 17.1 Å². The minimum Gasteiger partial charge on any atom is -0.457 e. The Morgan fingerprint density at radius 1 is 0.938 bits per heavy atom. The van der Waals surface area contributed by atoms with Crippen LogP contribution in [0.15, 0.2) is 91.1 Å². The number of hydrogen-bond acceptors (Lipinski definition) is 4. The fourth-order valence-corrected chi connectivity index (χ4v) is 4.00. The highest BCUT2D eigenvalue weighted by molar-refractivity contribution is 6.08. The van der Waals surface area contributed by atoms with Crippen LogP contribution in [-0.2, 0) is 6.42 Å². The van der Waals surface area contributed by atoms with E-state index in [0.29, 0.717) is 12.1 Å². The van der Waals surface area contributed by atoms with Gasteiger partial charge in [-0.2, -0.15) is 0 Å². The molecule has 158 valence electrons. The van der Waals surface area contributed by atoms with E-state index in [4.69, 9.17) is 4.74 Å². The lowest BCUT2D eigenvalue weighted by molar-refractivity contribution is 0.0989. The summed E-state index contributed by atoms with van der Waals surface area (Å²) in [6.45, 7) is 2.58. The van der Waals surface area contributed by atoms with Crippen molar-refractivity contribution in [2.75, 3.05) is 16.8 Å². The van der Waals surface area contributed by atoms with E-state index in [1.165, 1.54) is 0 Å². The second-order valence-corrected chi connectivity index (χ2v) is 7.77. The van der Waals surface area contributed by atoms with Crippen LogP contribution in [0.25, 0.3) is 0 Å². The van der Waals surface area contributed by atoms with Gasteiger partial charge in [0.05, 0.1) is 5.69 Å². The normalized spacial score (nSPS) is 12.3.